The fourth-order valence-corrected chi connectivity index (χ4v) is 2.18. The number of aryl methyl sites for hydroxylation is 1. The van der Waals surface area contributed by atoms with Crippen molar-refractivity contribution >= 4 is 19.7 Å². The van der Waals surface area contributed by atoms with Crippen molar-refractivity contribution in [2.75, 3.05) is 7.11 Å². The van der Waals surface area contributed by atoms with E-state index in [1.54, 1.807) is 6.92 Å². The highest BCUT2D eigenvalue weighted by atomic mass is 35.7. The average Bonchev–Trinajstić information content (AvgIpc) is 2.08. The van der Waals surface area contributed by atoms with Crippen LogP contribution in [0, 0.1) is 12.7 Å². The quantitative estimate of drug-likeness (QED) is 0.775. The first-order valence-electron chi connectivity index (χ1n) is 4.09. The second kappa shape index (κ2) is 4.37. The number of ether oxygens (including phenoxy) is 1. The molecule has 6 heteroatoms. The van der Waals surface area contributed by atoms with E-state index in [4.69, 9.17) is 15.4 Å². The summed E-state index contributed by atoms with van der Waals surface area (Å²) in [5.74, 6) is -1.21. The molecule has 0 aliphatic carbocycles. The van der Waals surface area contributed by atoms with Crippen molar-refractivity contribution in [2.24, 2.45) is 0 Å². The van der Waals surface area contributed by atoms with Gasteiger partial charge in [0, 0.05) is 16.2 Å². The Balaban J connectivity index is 3.24. The minimum Gasteiger partial charge on any atom is -0.494 e. The molecule has 1 aromatic carbocycles. The van der Waals surface area contributed by atoms with Crippen LogP contribution >= 0.6 is 10.7 Å². The lowest BCUT2D eigenvalue weighted by Gasteiger charge is -2.07. The number of hydrogen-bond donors (Lipinski definition) is 0. The topological polar surface area (TPSA) is 43.4 Å². The fraction of sp³-hybridized carbons (Fsp3) is 0.333. The van der Waals surface area contributed by atoms with Crippen molar-refractivity contribution < 1.29 is 17.5 Å². The lowest BCUT2D eigenvalue weighted by molar-refractivity contribution is 0.384. The molecule has 3 nitrogen and oxygen atoms in total. The van der Waals surface area contributed by atoms with Crippen LogP contribution in [0.25, 0.3) is 0 Å². The molecular formula is C9H10ClFO3S. The van der Waals surface area contributed by atoms with Crippen LogP contribution in [0.15, 0.2) is 12.1 Å². The summed E-state index contributed by atoms with van der Waals surface area (Å²) in [4.78, 5) is 0. The molecule has 0 aromatic heterocycles. The van der Waals surface area contributed by atoms with Gasteiger partial charge in [-0.15, -0.1) is 0 Å². The third-order valence-electron chi connectivity index (χ3n) is 1.81. The molecule has 0 bridgehead atoms. The number of hydrogen-bond acceptors (Lipinski definition) is 3. The van der Waals surface area contributed by atoms with Gasteiger partial charge in [0.25, 0.3) is 0 Å². The molecule has 0 radical (unpaired) electrons. The Bertz CT molecular complexity index is 470. The van der Waals surface area contributed by atoms with Crippen LogP contribution in [0.5, 0.6) is 5.75 Å². The molecule has 0 aliphatic heterocycles. The van der Waals surface area contributed by atoms with E-state index in [2.05, 4.69) is 0 Å². The zero-order valence-electron chi connectivity index (χ0n) is 8.25. The van der Waals surface area contributed by atoms with Gasteiger partial charge in [-0.25, -0.2) is 12.8 Å². The normalized spacial score (nSPS) is 11.5. The zero-order chi connectivity index (χ0) is 11.6. The third-order valence-corrected chi connectivity index (χ3v) is 2.79. The van der Waals surface area contributed by atoms with Gasteiger partial charge in [0.05, 0.1) is 12.9 Å². The van der Waals surface area contributed by atoms with E-state index < -0.39 is 20.6 Å². The van der Waals surface area contributed by atoms with Gasteiger partial charge in [0.2, 0.25) is 9.05 Å². The van der Waals surface area contributed by atoms with Crippen molar-refractivity contribution in [3.8, 4) is 5.75 Å². The van der Waals surface area contributed by atoms with Crippen LogP contribution < -0.4 is 4.74 Å². The van der Waals surface area contributed by atoms with Gasteiger partial charge in [0.1, 0.15) is 0 Å². The second-order valence-corrected chi connectivity index (χ2v) is 5.90. The molecule has 1 aromatic rings. The van der Waals surface area contributed by atoms with Crippen LogP contribution in [0.1, 0.15) is 11.1 Å². The summed E-state index contributed by atoms with van der Waals surface area (Å²) >= 11 is 0. The Morgan fingerprint density at radius 3 is 2.53 bits per heavy atom. The van der Waals surface area contributed by atoms with Gasteiger partial charge in [0.15, 0.2) is 11.6 Å². The maximum absolute atomic E-state index is 13.5. The predicted molar refractivity (Wildman–Crippen MR) is 56.2 cm³/mol. The minimum absolute atomic E-state index is 0.0156. The van der Waals surface area contributed by atoms with Gasteiger partial charge < -0.3 is 4.74 Å². The van der Waals surface area contributed by atoms with Crippen molar-refractivity contribution in [1.82, 2.24) is 0 Å². The molecule has 0 saturated heterocycles. The summed E-state index contributed by atoms with van der Waals surface area (Å²) in [5, 5.41) is 0. The van der Waals surface area contributed by atoms with Crippen molar-refractivity contribution in [1.29, 1.82) is 0 Å². The number of benzene rings is 1. The van der Waals surface area contributed by atoms with E-state index in [-0.39, 0.29) is 11.3 Å². The number of methoxy groups -OCH3 is 1. The Morgan fingerprint density at radius 1 is 1.47 bits per heavy atom. The monoisotopic (exact) mass is 252 g/mol. The first kappa shape index (κ1) is 12.3. The van der Waals surface area contributed by atoms with Crippen LogP contribution in [0.4, 0.5) is 4.39 Å². The molecule has 1 rings (SSSR count). The number of rotatable bonds is 3. The molecule has 0 spiro atoms. The molecule has 0 amide bonds. The Morgan fingerprint density at radius 2 is 2.07 bits per heavy atom. The summed E-state index contributed by atoms with van der Waals surface area (Å²) in [5.41, 5.74) is 0.727. The fourth-order valence-electron chi connectivity index (χ4n) is 1.25. The van der Waals surface area contributed by atoms with E-state index >= 15 is 0 Å². The Hall–Kier alpha value is -0.810. The summed E-state index contributed by atoms with van der Waals surface area (Å²) in [6.07, 6.45) is 0. The lowest BCUT2D eigenvalue weighted by Crippen LogP contribution is -2.01. The van der Waals surface area contributed by atoms with E-state index in [0.717, 1.165) is 0 Å². The maximum Gasteiger partial charge on any atom is 0.236 e. The summed E-state index contributed by atoms with van der Waals surface area (Å²) in [6, 6.07) is 2.91. The molecule has 0 aliphatic rings. The van der Waals surface area contributed by atoms with E-state index in [1.165, 1.54) is 19.2 Å². The third kappa shape index (κ3) is 3.35. The van der Waals surface area contributed by atoms with E-state index in [0.29, 0.717) is 5.56 Å². The summed E-state index contributed by atoms with van der Waals surface area (Å²) in [7, 11) is 2.60. The lowest BCUT2D eigenvalue weighted by atomic mass is 10.1. The first-order valence-corrected chi connectivity index (χ1v) is 6.56. The minimum atomic E-state index is -3.76. The summed E-state index contributed by atoms with van der Waals surface area (Å²) < 4.78 is 39.9. The van der Waals surface area contributed by atoms with Gasteiger partial charge >= 0.3 is 0 Å². The highest BCUT2D eigenvalue weighted by Crippen LogP contribution is 2.24. The molecular weight excluding hydrogens is 243 g/mol. The molecule has 84 valence electrons. The van der Waals surface area contributed by atoms with E-state index in [1.807, 2.05) is 0 Å². The standard InChI is InChI=1S/C9H10ClFO3S/c1-6-3-7(5-15(10,12)13)9(11)8(4-6)14-2/h3-4H,5H2,1-2H3. The smallest absolute Gasteiger partial charge is 0.236 e. The summed E-state index contributed by atoms with van der Waals surface area (Å²) in [6.45, 7) is 1.71. The van der Waals surface area contributed by atoms with Crippen LogP contribution in [-0.4, -0.2) is 15.5 Å². The van der Waals surface area contributed by atoms with Crippen LogP contribution in [0.3, 0.4) is 0 Å². The van der Waals surface area contributed by atoms with Gasteiger partial charge in [-0.2, -0.15) is 0 Å². The van der Waals surface area contributed by atoms with Gasteiger partial charge in [-0.3, -0.25) is 0 Å². The SMILES string of the molecule is COc1cc(C)cc(CS(=O)(=O)Cl)c1F. The van der Waals surface area contributed by atoms with Gasteiger partial charge in [-0.05, 0) is 18.6 Å². The molecule has 0 fully saturated rings. The molecule has 0 unspecified atom stereocenters. The maximum atomic E-state index is 13.5. The first-order chi connectivity index (χ1) is 6.83. The van der Waals surface area contributed by atoms with E-state index in [9.17, 15) is 12.8 Å². The average molecular weight is 253 g/mol. The highest BCUT2D eigenvalue weighted by Gasteiger charge is 2.15. The second-order valence-electron chi connectivity index (χ2n) is 3.12. The largest absolute Gasteiger partial charge is 0.494 e. The van der Waals surface area contributed by atoms with Crippen molar-refractivity contribution in [2.45, 2.75) is 12.7 Å². The Labute approximate surface area is 92.2 Å². The zero-order valence-corrected chi connectivity index (χ0v) is 9.82. The van der Waals surface area contributed by atoms with Crippen molar-refractivity contribution in [3.05, 3.63) is 29.1 Å². The molecule has 0 N–H and O–H groups in total. The van der Waals surface area contributed by atoms with Crippen molar-refractivity contribution in [3.63, 3.8) is 0 Å². The molecule has 0 heterocycles. The van der Waals surface area contributed by atoms with Crippen LogP contribution in [-0.2, 0) is 14.8 Å². The molecule has 15 heavy (non-hydrogen) atoms. The van der Waals surface area contributed by atoms with Crippen LogP contribution in [0.2, 0.25) is 0 Å². The van der Waals surface area contributed by atoms with Gasteiger partial charge in [-0.1, -0.05) is 6.07 Å². The molecule has 0 atom stereocenters. The highest BCUT2D eigenvalue weighted by molar-refractivity contribution is 8.13. The predicted octanol–water partition coefficient (Wildman–Crippen LogP) is 2.21. The Kier molecular flexibility index (Phi) is 3.57. The number of halogens is 2. The molecule has 0 saturated carbocycles.